The molecule has 0 heterocycles. The Hall–Kier alpha value is -2.73. The van der Waals surface area contributed by atoms with E-state index < -0.39 is 0 Å². The first-order valence-electron chi connectivity index (χ1n) is 7.66. The Bertz CT molecular complexity index is 702. The molecule has 0 saturated carbocycles. The predicted molar refractivity (Wildman–Crippen MR) is 92.1 cm³/mol. The quantitative estimate of drug-likeness (QED) is 0.684. The van der Waals surface area contributed by atoms with Gasteiger partial charge in [0.05, 0.1) is 0 Å². The Labute approximate surface area is 140 Å². The summed E-state index contributed by atoms with van der Waals surface area (Å²) in [6.45, 7) is 2.26. The second-order valence-corrected chi connectivity index (χ2v) is 5.32. The lowest BCUT2D eigenvalue weighted by molar-refractivity contribution is -0.116. The molecule has 2 amide bonds. The number of hydrogen-bond donors (Lipinski definition) is 3. The summed E-state index contributed by atoms with van der Waals surface area (Å²) in [6.07, 6.45) is 0.280. The van der Waals surface area contributed by atoms with Crippen molar-refractivity contribution in [1.82, 2.24) is 5.32 Å². The second-order valence-electron chi connectivity index (χ2n) is 5.32. The highest BCUT2D eigenvalue weighted by molar-refractivity contribution is 5.92. The van der Waals surface area contributed by atoms with E-state index in [1.165, 1.54) is 13.0 Å². The van der Waals surface area contributed by atoms with Crippen LogP contribution < -0.4 is 16.0 Å². The zero-order chi connectivity index (χ0) is 17.4. The van der Waals surface area contributed by atoms with Gasteiger partial charge in [0, 0.05) is 43.4 Å². The van der Waals surface area contributed by atoms with Crippen LogP contribution in [-0.4, -0.2) is 18.4 Å². The molecule has 5 nitrogen and oxygen atoms in total. The number of anilines is 2. The first-order valence-corrected chi connectivity index (χ1v) is 7.66. The summed E-state index contributed by atoms with van der Waals surface area (Å²) in [6, 6.07) is 13.4. The number of hydrogen-bond acceptors (Lipinski definition) is 3. The molecule has 0 aliphatic heterocycles. The molecule has 0 fully saturated rings. The summed E-state index contributed by atoms with van der Waals surface area (Å²) in [4.78, 5) is 22.8. The molecule has 0 saturated heterocycles. The standard InChI is InChI=1S/C18H20FN3O2/c1-13(23)21-15-6-8-16(9-7-15)22-18(24)10-11-20-12-14-4-2-3-5-17(14)19/h2-9,20H,10-12H2,1H3,(H,21,23)(H,22,24). The van der Waals surface area contributed by atoms with Gasteiger partial charge in [-0.1, -0.05) is 18.2 Å². The van der Waals surface area contributed by atoms with Crippen LogP contribution in [0.4, 0.5) is 15.8 Å². The van der Waals surface area contributed by atoms with Crippen molar-refractivity contribution >= 4 is 23.2 Å². The van der Waals surface area contributed by atoms with E-state index in [0.717, 1.165) is 0 Å². The largest absolute Gasteiger partial charge is 0.326 e. The van der Waals surface area contributed by atoms with E-state index in [0.29, 0.717) is 30.0 Å². The number of halogens is 1. The Kier molecular flexibility index (Phi) is 6.45. The summed E-state index contributed by atoms with van der Waals surface area (Å²) < 4.78 is 13.4. The average Bonchev–Trinajstić information content (AvgIpc) is 2.54. The molecule has 0 aliphatic rings. The molecule has 0 bridgehead atoms. The van der Waals surface area contributed by atoms with Crippen LogP contribution >= 0.6 is 0 Å². The smallest absolute Gasteiger partial charge is 0.225 e. The van der Waals surface area contributed by atoms with Crippen LogP contribution in [0.1, 0.15) is 18.9 Å². The van der Waals surface area contributed by atoms with Crippen molar-refractivity contribution in [1.29, 1.82) is 0 Å². The Balaban J connectivity index is 1.71. The maximum atomic E-state index is 13.4. The van der Waals surface area contributed by atoms with Crippen molar-refractivity contribution in [3.8, 4) is 0 Å². The van der Waals surface area contributed by atoms with E-state index in [2.05, 4.69) is 16.0 Å². The molecule has 0 spiro atoms. The predicted octanol–water partition coefficient (Wildman–Crippen LogP) is 2.90. The third kappa shape index (κ3) is 5.81. The molecule has 3 N–H and O–H groups in total. The fourth-order valence-electron chi connectivity index (χ4n) is 2.13. The molecule has 0 atom stereocenters. The van der Waals surface area contributed by atoms with E-state index in [1.54, 1.807) is 42.5 Å². The second kappa shape index (κ2) is 8.79. The van der Waals surface area contributed by atoms with Gasteiger partial charge in [0.15, 0.2) is 0 Å². The molecule has 126 valence electrons. The van der Waals surface area contributed by atoms with E-state index in [4.69, 9.17) is 0 Å². The van der Waals surface area contributed by atoms with Gasteiger partial charge in [0.1, 0.15) is 5.82 Å². The van der Waals surface area contributed by atoms with Crippen LogP contribution in [0, 0.1) is 5.82 Å². The summed E-state index contributed by atoms with van der Waals surface area (Å²) in [5.41, 5.74) is 1.90. The van der Waals surface area contributed by atoms with Crippen LogP contribution in [0.25, 0.3) is 0 Å². The molecule has 2 aromatic carbocycles. The highest BCUT2D eigenvalue weighted by Gasteiger charge is 2.04. The van der Waals surface area contributed by atoms with Gasteiger partial charge in [-0.25, -0.2) is 4.39 Å². The lowest BCUT2D eigenvalue weighted by Crippen LogP contribution is -2.21. The van der Waals surface area contributed by atoms with Gasteiger partial charge in [-0.05, 0) is 30.3 Å². The zero-order valence-electron chi connectivity index (χ0n) is 13.4. The van der Waals surface area contributed by atoms with Crippen LogP contribution in [-0.2, 0) is 16.1 Å². The molecule has 2 rings (SSSR count). The normalized spacial score (nSPS) is 10.2. The Morgan fingerprint density at radius 3 is 2.21 bits per heavy atom. The van der Waals surface area contributed by atoms with Crippen molar-refractivity contribution in [2.45, 2.75) is 19.9 Å². The monoisotopic (exact) mass is 329 g/mol. The first kappa shape index (κ1) is 17.6. The minimum atomic E-state index is -0.256. The van der Waals surface area contributed by atoms with E-state index in [9.17, 15) is 14.0 Å². The lowest BCUT2D eigenvalue weighted by atomic mass is 10.2. The summed E-state index contributed by atoms with van der Waals surface area (Å²) in [5.74, 6) is -0.537. The number of nitrogens with one attached hydrogen (secondary N) is 3. The fourth-order valence-corrected chi connectivity index (χ4v) is 2.13. The number of benzene rings is 2. The average molecular weight is 329 g/mol. The topological polar surface area (TPSA) is 70.2 Å². The third-order valence-electron chi connectivity index (χ3n) is 3.29. The molecule has 0 aliphatic carbocycles. The maximum absolute atomic E-state index is 13.4. The maximum Gasteiger partial charge on any atom is 0.225 e. The van der Waals surface area contributed by atoms with Crippen molar-refractivity contribution in [3.63, 3.8) is 0 Å². The van der Waals surface area contributed by atoms with Crippen molar-refractivity contribution in [2.75, 3.05) is 17.2 Å². The first-order chi connectivity index (χ1) is 11.5. The summed E-state index contributed by atoms with van der Waals surface area (Å²) in [5, 5.41) is 8.46. The highest BCUT2D eigenvalue weighted by atomic mass is 19.1. The molecule has 0 unspecified atom stereocenters. The number of rotatable bonds is 7. The van der Waals surface area contributed by atoms with Crippen LogP contribution in [0.15, 0.2) is 48.5 Å². The minimum Gasteiger partial charge on any atom is -0.326 e. The molecule has 6 heteroatoms. The molecular weight excluding hydrogens is 309 g/mol. The number of carbonyl (C=O) groups excluding carboxylic acids is 2. The van der Waals surface area contributed by atoms with Crippen molar-refractivity contribution < 1.29 is 14.0 Å². The molecule has 0 radical (unpaired) electrons. The third-order valence-corrected chi connectivity index (χ3v) is 3.29. The fraction of sp³-hybridized carbons (Fsp3) is 0.222. The van der Waals surface area contributed by atoms with E-state index in [1.807, 2.05) is 0 Å². The number of carbonyl (C=O) groups is 2. The molecule has 24 heavy (non-hydrogen) atoms. The van der Waals surface area contributed by atoms with Gasteiger partial charge >= 0.3 is 0 Å². The Morgan fingerprint density at radius 1 is 0.958 bits per heavy atom. The Morgan fingerprint density at radius 2 is 1.58 bits per heavy atom. The molecular formula is C18H20FN3O2. The summed E-state index contributed by atoms with van der Waals surface area (Å²) in [7, 11) is 0. The van der Waals surface area contributed by atoms with Gasteiger partial charge in [-0.15, -0.1) is 0 Å². The van der Waals surface area contributed by atoms with Gasteiger partial charge in [-0.3, -0.25) is 9.59 Å². The number of amides is 2. The highest BCUT2D eigenvalue weighted by Crippen LogP contribution is 2.13. The lowest BCUT2D eigenvalue weighted by Gasteiger charge is -2.08. The van der Waals surface area contributed by atoms with Crippen molar-refractivity contribution in [2.24, 2.45) is 0 Å². The van der Waals surface area contributed by atoms with Gasteiger partial charge in [0.25, 0.3) is 0 Å². The molecule has 0 aromatic heterocycles. The molecule has 2 aromatic rings. The van der Waals surface area contributed by atoms with Crippen LogP contribution in [0.2, 0.25) is 0 Å². The van der Waals surface area contributed by atoms with Crippen molar-refractivity contribution in [3.05, 3.63) is 59.9 Å². The van der Waals surface area contributed by atoms with Gasteiger partial charge in [-0.2, -0.15) is 0 Å². The van der Waals surface area contributed by atoms with E-state index >= 15 is 0 Å². The van der Waals surface area contributed by atoms with Crippen LogP contribution in [0.3, 0.4) is 0 Å². The minimum absolute atomic E-state index is 0.136. The van der Waals surface area contributed by atoms with Gasteiger partial charge < -0.3 is 16.0 Å². The summed E-state index contributed by atoms with van der Waals surface area (Å²) >= 11 is 0. The SMILES string of the molecule is CC(=O)Nc1ccc(NC(=O)CCNCc2ccccc2F)cc1. The zero-order valence-corrected chi connectivity index (χ0v) is 13.4. The van der Waals surface area contributed by atoms with E-state index in [-0.39, 0.29) is 24.1 Å². The van der Waals surface area contributed by atoms with Gasteiger partial charge in [0.2, 0.25) is 11.8 Å². The van der Waals surface area contributed by atoms with Crippen LogP contribution in [0.5, 0.6) is 0 Å².